The lowest BCUT2D eigenvalue weighted by molar-refractivity contribution is 0.412. The van der Waals surface area contributed by atoms with Crippen LogP contribution in [0.25, 0.3) is 54.2 Å². The van der Waals surface area contributed by atoms with Crippen molar-refractivity contribution >= 4 is 130 Å². The monoisotopic (exact) mass is 1680 g/mol. The second-order valence-electron chi connectivity index (χ2n) is 48.1. The Bertz CT molecular complexity index is 5160. The number of anilines is 6. The minimum atomic E-state index is -1.92. The lowest BCUT2D eigenvalue weighted by Gasteiger charge is -2.36. The molecule has 0 radical (unpaired) electrons. The summed E-state index contributed by atoms with van der Waals surface area (Å²) < 4.78 is 0. The van der Waals surface area contributed by atoms with E-state index >= 15 is 0 Å². The Hall–Kier alpha value is -6.29. The summed E-state index contributed by atoms with van der Waals surface area (Å²) in [6.07, 6.45) is 48.8. The van der Waals surface area contributed by atoms with E-state index in [1.807, 2.05) is 0 Å². The van der Waals surface area contributed by atoms with Crippen molar-refractivity contribution in [2.24, 2.45) is 47.3 Å². The highest BCUT2D eigenvalue weighted by molar-refractivity contribution is 6.92. The highest BCUT2D eigenvalue weighted by atomic mass is 28.3. The molecule has 12 aliphatic carbocycles. The molecule has 0 heterocycles. The first-order valence-corrected chi connectivity index (χ1v) is 65.2. The van der Waals surface area contributed by atoms with Crippen LogP contribution in [0.15, 0.2) is 146 Å². The van der Waals surface area contributed by atoms with Gasteiger partial charge in [0.2, 0.25) is 0 Å². The van der Waals surface area contributed by atoms with E-state index in [2.05, 4.69) is 234 Å². The van der Waals surface area contributed by atoms with Gasteiger partial charge in [0.1, 0.15) is 0 Å². The molecule has 12 saturated carbocycles. The van der Waals surface area contributed by atoms with E-state index in [9.17, 15) is 0 Å². The molecular formula is C116H148N2Si4. The fourth-order valence-electron chi connectivity index (χ4n) is 29.3. The number of hydrogen-bond acceptors (Lipinski definition) is 2. The van der Waals surface area contributed by atoms with Gasteiger partial charge >= 0.3 is 0 Å². The van der Waals surface area contributed by atoms with Crippen LogP contribution in [0, 0.1) is 47.3 Å². The van der Waals surface area contributed by atoms with Crippen LogP contribution in [0.4, 0.5) is 34.1 Å². The van der Waals surface area contributed by atoms with Crippen LogP contribution in [-0.4, -0.2) is 32.3 Å². The molecule has 6 heteroatoms. The Morgan fingerprint density at radius 3 is 0.689 bits per heavy atom. The largest absolute Gasteiger partial charge is 0.309 e. The predicted molar refractivity (Wildman–Crippen MR) is 539 cm³/mol. The summed E-state index contributed by atoms with van der Waals surface area (Å²) in [5.74, 6) is 11.3. The molecule has 0 saturated heterocycles. The fraction of sp³-hybridized carbons (Fsp3) is 0.552. The lowest BCUT2D eigenvalue weighted by Crippen LogP contribution is -2.45. The normalized spacial score (nSPS) is 27.3. The average molecular weight is 1680 g/mol. The second-order valence-corrected chi connectivity index (χ2v) is 68.4. The van der Waals surface area contributed by atoms with Gasteiger partial charge in [-0.2, -0.15) is 0 Å². The number of fused-ring (bicyclic) bond motifs is 12. The Morgan fingerprint density at radius 2 is 0.451 bits per heavy atom. The van der Waals surface area contributed by atoms with Crippen molar-refractivity contribution < 1.29 is 0 Å². The minimum absolute atomic E-state index is 0.535. The molecule has 10 aromatic rings. The highest BCUT2D eigenvalue weighted by Crippen LogP contribution is 2.63. The van der Waals surface area contributed by atoms with Crippen LogP contribution in [0.1, 0.15) is 323 Å². The van der Waals surface area contributed by atoms with E-state index in [4.69, 9.17) is 0 Å². The molecule has 0 aromatic heterocycles. The average Bonchev–Trinajstić information content (AvgIpc) is 0.929. The van der Waals surface area contributed by atoms with Gasteiger partial charge in [0.15, 0.2) is 0 Å². The summed E-state index contributed by atoms with van der Waals surface area (Å²) in [5, 5.41) is 18.2. The zero-order valence-corrected chi connectivity index (χ0v) is 81.4. The first-order valence-electron chi connectivity index (χ1n) is 51.2. The minimum Gasteiger partial charge on any atom is -0.309 e. The molecule has 12 fully saturated rings. The van der Waals surface area contributed by atoms with Gasteiger partial charge in [-0.05, 0) is 361 Å². The third-order valence-corrected chi connectivity index (χ3v) is 44.3. The van der Waals surface area contributed by atoms with Crippen molar-refractivity contribution in [1.29, 1.82) is 0 Å². The van der Waals surface area contributed by atoms with Crippen LogP contribution in [0.3, 0.4) is 0 Å². The molecule has 10 aromatic carbocycles. The Morgan fingerprint density at radius 1 is 0.205 bits per heavy atom. The van der Waals surface area contributed by atoms with E-state index in [0.29, 0.717) is 47.3 Å². The third kappa shape index (κ3) is 15.1. The standard InChI is InChI=1S/C116H148N2Si4/c1-119(2,3)97-67-95(68-98(71-97)120(4,5)6)117(93-59-89(105-53-73-33-37-85(105)49-73)57-90(60-93)106-54-74-34-38-86(106)50-74)115-103-47-43-81(77-25-17-13-18-26-77)63-109(103)113(101-45-41-83(65-111(101)115)79-29-21-15-22-30-79)114-102-46-42-84(80-31-23-16-24-32-80)66-112(102)116(104-48-44-82(64-110(104)114)78-27-19-14-20-28-78)118(96-69-99(121(7,8)9)72-100(70-96)122(10,11)12)94-61-91(107-55-75-35-39-87(107)51-75)58-92(62-94)108-56-76-36-40-88(108)52-76/h41-48,57-80,85-88,105-108H,13-40,49-56H2,1-12H3. The summed E-state index contributed by atoms with van der Waals surface area (Å²) in [4.78, 5) is 6.10. The van der Waals surface area contributed by atoms with Gasteiger partial charge in [-0.1, -0.05) is 287 Å². The van der Waals surface area contributed by atoms with Gasteiger partial charge in [-0.3, -0.25) is 0 Å². The molecule has 638 valence electrons. The first kappa shape index (κ1) is 81.5. The molecule has 12 aliphatic rings. The molecule has 22 rings (SSSR count). The van der Waals surface area contributed by atoms with E-state index in [1.165, 1.54) is 319 Å². The smallest absolute Gasteiger partial charge is 0.0776 e. The molecule has 122 heavy (non-hydrogen) atoms. The van der Waals surface area contributed by atoms with Crippen LogP contribution >= 0.6 is 0 Å². The Kier molecular flexibility index (Phi) is 21.3. The number of benzene rings is 10. The number of nitrogens with zero attached hydrogens (tertiary/aromatic N) is 2. The highest BCUT2D eigenvalue weighted by Gasteiger charge is 2.47. The summed E-state index contributed by atoms with van der Waals surface area (Å²) in [5.41, 5.74) is 24.6. The van der Waals surface area contributed by atoms with Crippen molar-refractivity contribution in [2.45, 2.75) is 357 Å². The Balaban J connectivity index is 0.899. The van der Waals surface area contributed by atoms with Gasteiger partial charge in [0, 0.05) is 44.3 Å². The van der Waals surface area contributed by atoms with Crippen LogP contribution in [0.2, 0.25) is 78.6 Å². The fourth-order valence-corrected chi connectivity index (χ4v) is 34.3. The number of hydrogen-bond donors (Lipinski definition) is 0. The van der Waals surface area contributed by atoms with Gasteiger partial charge in [-0.25, -0.2) is 0 Å². The van der Waals surface area contributed by atoms with E-state index < -0.39 is 32.3 Å². The van der Waals surface area contributed by atoms with Gasteiger partial charge < -0.3 is 9.80 Å². The Labute approximate surface area is 740 Å². The van der Waals surface area contributed by atoms with E-state index in [1.54, 1.807) is 65.3 Å². The topological polar surface area (TPSA) is 6.48 Å². The van der Waals surface area contributed by atoms with Gasteiger partial charge in [0.05, 0.1) is 43.7 Å². The van der Waals surface area contributed by atoms with Crippen LogP contribution in [0.5, 0.6) is 0 Å². The maximum atomic E-state index is 3.05. The lowest BCUT2D eigenvalue weighted by atomic mass is 9.77. The zero-order chi connectivity index (χ0) is 83.0. The molecular weight excluding hydrogens is 1530 g/mol. The summed E-state index contributed by atoms with van der Waals surface area (Å²) in [6, 6.07) is 67.6. The maximum Gasteiger partial charge on any atom is 0.0776 e. The van der Waals surface area contributed by atoms with E-state index in [-0.39, 0.29) is 0 Å². The molecule has 0 aliphatic heterocycles. The molecule has 0 spiro atoms. The summed E-state index contributed by atoms with van der Waals surface area (Å²) in [7, 11) is -7.67. The zero-order valence-electron chi connectivity index (χ0n) is 77.4. The van der Waals surface area contributed by atoms with Gasteiger partial charge in [0.25, 0.3) is 0 Å². The summed E-state index contributed by atoms with van der Waals surface area (Å²) >= 11 is 0. The second kappa shape index (κ2) is 31.9. The quantitative estimate of drug-likeness (QED) is 0.0588. The maximum absolute atomic E-state index is 3.05. The molecule has 0 N–H and O–H groups in total. The van der Waals surface area contributed by atoms with Gasteiger partial charge in [-0.15, -0.1) is 0 Å². The van der Waals surface area contributed by atoms with Crippen LogP contribution in [-0.2, 0) is 0 Å². The molecule has 12 atom stereocenters. The molecule has 8 bridgehead atoms. The van der Waals surface area contributed by atoms with E-state index in [0.717, 1.165) is 47.3 Å². The van der Waals surface area contributed by atoms with Crippen molar-refractivity contribution in [3.8, 4) is 11.1 Å². The van der Waals surface area contributed by atoms with Crippen LogP contribution < -0.4 is 30.5 Å². The predicted octanol–water partition coefficient (Wildman–Crippen LogP) is 32.9. The SMILES string of the molecule is C[Si](C)(C)c1cc(N(c2cc(C3CC4CCC3C4)cc(C3CC4CCC3C4)c2)c2c3ccc(C4CCCCC4)cc3c(-c3c4cc(C5CCCCC5)ccc4c(N(c4cc(C5CC6CCC5C6)cc(C5CC6CCC5C6)c4)c4cc([Si](C)(C)C)cc([Si](C)(C)C)c4)c4cc(C5CCCCC5)ccc34)c3ccc(C4CCCCC4)cc23)cc([Si](C)(C)C)c1. The third-order valence-electron chi connectivity index (χ3n) is 36.2. The van der Waals surface area contributed by atoms with Crippen molar-refractivity contribution in [2.75, 3.05) is 9.80 Å². The molecule has 12 unspecified atom stereocenters. The summed E-state index contributed by atoms with van der Waals surface area (Å²) in [6.45, 7) is 31.8. The van der Waals surface area contributed by atoms with Crippen molar-refractivity contribution in [3.05, 3.63) is 190 Å². The molecule has 0 amide bonds. The molecule has 2 nitrogen and oxygen atoms in total. The van der Waals surface area contributed by atoms with Crippen molar-refractivity contribution in [3.63, 3.8) is 0 Å². The number of rotatable bonds is 19. The first-order chi connectivity index (χ1) is 58.9. The van der Waals surface area contributed by atoms with Crippen molar-refractivity contribution in [1.82, 2.24) is 0 Å².